The van der Waals surface area contributed by atoms with Crippen molar-refractivity contribution < 1.29 is 9.90 Å². The fourth-order valence-corrected chi connectivity index (χ4v) is 3.66. The predicted octanol–water partition coefficient (Wildman–Crippen LogP) is 1.80. The lowest BCUT2D eigenvalue weighted by Gasteiger charge is -2.16. The van der Waals surface area contributed by atoms with Crippen LogP contribution >= 0.6 is 0 Å². The summed E-state index contributed by atoms with van der Waals surface area (Å²) < 4.78 is 1.64. The van der Waals surface area contributed by atoms with Crippen LogP contribution in [0, 0.1) is 0 Å². The van der Waals surface area contributed by atoms with E-state index in [1.807, 2.05) is 12.1 Å². The molecule has 0 aromatic carbocycles. The van der Waals surface area contributed by atoms with Gasteiger partial charge in [-0.15, -0.1) is 0 Å². The highest BCUT2D eigenvalue weighted by Crippen LogP contribution is 2.28. The number of carbonyl (C=O) groups excluding carboxylic acids is 1. The molecule has 1 aliphatic rings. The first-order valence-electron chi connectivity index (χ1n) is 9.15. The van der Waals surface area contributed by atoms with Crippen LogP contribution in [-0.4, -0.2) is 42.7 Å². The first kappa shape index (κ1) is 17.4. The van der Waals surface area contributed by atoms with Gasteiger partial charge in [-0.1, -0.05) is 0 Å². The van der Waals surface area contributed by atoms with E-state index in [0.29, 0.717) is 17.5 Å². The fraction of sp³-hybridized carbons (Fsp3) is 0.368. The zero-order chi connectivity index (χ0) is 18.8. The number of fused-ring (bicyclic) bond motifs is 1. The first-order chi connectivity index (χ1) is 13.1. The van der Waals surface area contributed by atoms with Gasteiger partial charge in [-0.05, 0) is 50.3 Å². The van der Waals surface area contributed by atoms with Crippen LogP contribution in [0.1, 0.15) is 42.5 Å². The van der Waals surface area contributed by atoms with Crippen LogP contribution in [0.15, 0.2) is 36.9 Å². The SMILES string of the molecule is Nc1ncnn2c(-c3ccncc3)cc(C(=O)NC3CCCC(O)CC3)c12. The molecule has 3 aromatic rings. The maximum absolute atomic E-state index is 13.0. The lowest BCUT2D eigenvalue weighted by molar-refractivity contribution is 0.0932. The fourth-order valence-electron chi connectivity index (χ4n) is 3.66. The Morgan fingerprint density at radius 1 is 1.22 bits per heavy atom. The number of rotatable bonds is 3. The molecule has 2 unspecified atom stereocenters. The molecule has 1 saturated carbocycles. The molecule has 3 aromatic heterocycles. The molecule has 1 fully saturated rings. The van der Waals surface area contributed by atoms with Gasteiger partial charge in [-0.3, -0.25) is 9.78 Å². The number of aromatic nitrogens is 4. The maximum atomic E-state index is 13.0. The maximum Gasteiger partial charge on any atom is 0.253 e. The second-order valence-corrected chi connectivity index (χ2v) is 6.92. The van der Waals surface area contributed by atoms with Crippen LogP contribution < -0.4 is 11.1 Å². The average Bonchev–Trinajstić information content (AvgIpc) is 2.96. The number of carbonyl (C=O) groups is 1. The van der Waals surface area contributed by atoms with Gasteiger partial charge in [0.15, 0.2) is 5.82 Å². The molecule has 8 nitrogen and oxygen atoms in total. The summed E-state index contributed by atoms with van der Waals surface area (Å²) in [5.74, 6) is 0.0578. The monoisotopic (exact) mass is 366 g/mol. The Kier molecular flexibility index (Phi) is 4.72. The molecule has 4 N–H and O–H groups in total. The van der Waals surface area contributed by atoms with Crippen molar-refractivity contribution in [1.82, 2.24) is 24.9 Å². The van der Waals surface area contributed by atoms with Crippen LogP contribution in [0.4, 0.5) is 5.82 Å². The molecule has 0 bridgehead atoms. The molecule has 8 heteroatoms. The van der Waals surface area contributed by atoms with Gasteiger partial charge >= 0.3 is 0 Å². The van der Waals surface area contributed by atoms with Crippen molar-refractivity contribution in [2.24, 2.45) is 0 Å². The minimum absolute atomic E-state index is 0.0415. The summed E-state index contributed by atoms with van der Waals surface area (Å²) >= 11 is 0. The van der Waals surface area contributed by atoms with Crippen molar-refractivity contribution >= 4 is 17.2 Å². The van der Waals surface area contributed by atoms with Crippen LogP contribution in [0.3, 0.4) is 0 Å². The van der Waals surface area contributed by atoms with E-state index in [2.05, 4.69) is 20.4 Å². The second-order valence-electron chi connectivity index (χ2n) is 6.92. The van der Waals surface area contributed by atoms with E-state index in [-0.39, 0.29) is 23.9 Å². The lowest BCUT2D eigenvalue weighted by atomic mass is 10.1. The van der Waals surface area contributed by atoms with E-state index in [1.54, 1.807) is 23.0 Å². The molecule has 0 saturated heterocycles. The highest BCUT2D eigenvalue weighted by molar-refractivity contribution is 6.05. The molecule has 0 radical (unpaired) electrons. The largest absolute Gasteiger partial charge is 0.393 e. The molecule has 0 aliphatic heterocycles. The zero-order valence-electron chi connectivity index (χ0n) is 14.9. The number of aliphatic hydroxyl groups is 1. The highest BCUT2D eigenvalue weighted by Gasteiger charge is 2.24. The van der Waals surface area contributed by atoms with E-state index in [0.717, 1.165) is 36.9 Å². The van der Waals surface area contributed by atoms with Crippen molar-refractivity contribution in [2.45, 2.75) is 44.2 Å². The number of nitrogens with two attached hydrogens (primary N) is 1. The number of nitrogens with one attached hydrogen (secondary N) is 1. The van der Waals surface area contributed by atoms with Gasteiger partial charge < -0.3 is 16.2 Å². The number of hydrogen-bond acceptors (Lipinski definition) is 6. The normalized spacial score (nSPS) is 20.3. The Hall–Kier alpha value is -3.00. The molecule has 0 spiro atoms. The van der Waals surface area contributed by atoms with E-state index >= 15 is 0 Å². The second kappa shape index (κ2) is 7.32. The van der Waals surface area contributed by atoms with Gasteiger partial charge in [0.05, 0.1) is 17.4 Å². The molecule has 2 atom stereocenters. The third-order valence-corrected chi connectivity index (χ3v) is 5.08. The molecular weight excluding hydrogens is 344 g/mol. The summed E-state index contributed by atoms with van der Waals surface area (Å²) in [5, 5.41) is 17.2. The molecule has 3 heterocycles. The number of anilines is 1. The van der Waals surface area contributed by atoms with Gasteiger partial charge in [-0.25, -0.2) is 9.50 Å². The smallest absolute Gasteiger partial charge is 0.253 e. The first-order valence-corrected chi connectivity index (χ1v) is 9.15. The minimum atomic E-state index is -0.274. The summed E-state index contributed by atoms with van der Waals surface area (Å²) in [6.07, 6.45) is 8.50. The van der Waals surface area contributed by atoms with Gasteiger partial charge in [0.1, 0.15) is 11.8 Å². The summed E-state index contributed by atoms with van der Waals surface area (Å²) in [6.45, 7) is 0. The van der Waals surface area contributed by atoms with Crippen molar-refractivity contribution in [1.29, 1.82) is 0 Å². The van der Waals surface area contributed by atoms with Crippen molar-refractivity contribution in [3.8, 4) is 11.3 Å². The molecule has 1 aliphatic carbocycles. The minimum Gasteiger partial charge on any atom is -0.393 e. The summed E-state index contributed by atoms with van der Waals surface area (Å²) in [5.41, 5.74) is 8.65. The number of amides is 1. The van der Waals surface area contributed by atoms with E-state index < -0.39 is 0 Å². The van der Waals surface area contributed by atoms with Crippen molar-refractivity contribution in [3.63, 3.8) is 0 Å². The van der Waals surface area contributed by atoms with Crippen molar-refractivity contribution in [3.05, 3.63) is 42.5 Å². The topological polar surface area (TPSA) is 118 Å². The predicted molar refractivity (Wildman–Crippen MR) is 101 cm³/mol. The number of aliphatic hydroxyl groups excluding tert-OH is 1. The molecule has 27 heavy (non-hydrogen) atoms. The third kappa shape index (κ3) is 3.48. The molecular formula is C19H22N6O2. The molecule has 1 amide bonds. The number of nitrogens with zero attached hydrogens (tertiary/aromatic N) is 4. The summed E-state index contributed by atoms with van der Waals surface area (Å²) in [7, 11) is 0. The number of hydrogen-bond donors (Lipinski definition) is 3. The van der Waals surface area contributed by atoms with Crippen LogP contribution in [0.5, 0.6) is 0 Å². The number of nitrogen functional groups attached to an aromatic ring is 1. The zero-order valence-corrected chi connectivity index (χ0v) is 14.9. The van der Waals surface area contributed by atoms with E-state index in [4.69, 9.17) is 5.73 Å². The van der Waals surface area contributed by atoms with Gasteiger partial charge in [0, 0.05) is 24.0 Å². The Morgan fingerprint density at radius 2 is 2.04 bits per heavy atom. The van der Waals surface area contributed by atoms with Crippen LogP contribution in [0.2, 0.25) is 0 Å². The van der Waals surface area contributed by atoms with Crippen LogP contribution in [0.25, 0.3) is 16.8 Å². The quantitative estimate of drug-likeness (QED) is 0.608. The number of pyridine rings is 1. The third-order valence-electron chi connectivity index (χ3n) is 5.08. The average molecular weight is 366 g/mol. The lowest BCUT2D eigenvalue weighted by Crippen LogP contribution is -2.34. The molecule has 4 rings (SSSR count). The Bertz CT molecular complexity index is 955. The van der Waals surface area contributed by atoms with E-state index in [9.17, 15) is 9.90 Å². The highest BCUT2D eigenvalue weighted by atomic mass is 16.3. The van der Waals surface area contributed by atoms with Crippen LogP contribution in [-0.2, 0) is 0 Å². The molecule has 140 valence electrons. The van der Waals surface area contributed by atoms with Gasteiger partial charge in [0.25, 0.3) is 5.91 Å². The Morgan fingerprint density at radius 3 is 2.85 bits per heavy atom. The Labute approximate surface area is 156 Å². The van der Waals surface area contributed by atoms with Crippen molar-refractivity contribution in [2.75, 3.05) is 5.73 Å². The Balaban J connectivity index is 1.70. The van der Waals surface area contributed by atoms with Gasteiger partial charge in [-0.2, -0.15) is 5.10 Å². The van der Waals surface area contributed by atoms with Gasteiger partial charge in [0.2, 0.25) is 0 Å². The van der Waals surface area contributed by atoms with E-state index in [1.165, 1.54) is 6.33 Å². The standard InChI is InChI=1S/C19H22N6O2/c20-18-17-15(19(27)24-13-2-1-3-14(26)5-4-13)10-16(25(17)23-11-22-18)12-6-8-21-9-7-12/h6-11,13-14,26H,1-5H2,(H,24,27)(H2,20,22,23). The summed E-state index contributed by atoms with van der Waals surface area (Å²) in [6, 6.07) is 5.54. The summed E-state index contributed by atoms with van der Waals surface area (Å²) in [4.78, 5) is 21.1.